The van der Waals surface area contributed by atoms with E-state index in [0.717, 1.165) is 16.5 Å². The number of nitrogens with one attached hydrogen (secondary N) is 2. The number of pyridine rings is 1. The van der Waals surface area contributed by atoms with Crippen LogP contribution < -0.4 is 11.1 Å². The first-order valence-electron chi connectivity index (χ1n) is 6.34. The summed E-state index contributed by atoms with van der Waals surface area (Å²) in [5.41, 5.74) is 9.11. The van der Waals surface area contributed by atoms with Crippen LogP contribution >= 0.6 is 11.6 Å². The van der Waals surface area contributed by atoms with E-state index < -0.39 is 0 Å². The number of hydrogen-bond donors (Lipinski definition) is 3. The molecule has 0 bridgehead atoms. The Morgan fingerprint density at radius 3 is 2.90 bits per heavy atom. The normalized spacial score (nSPS) is 10.8. The van der Waals surface area contributed by atoms with Crippen molar-refractivity contribution < 1.29 is 4.79 Å². The lowest BCUT2D eigenvalue weighted by Crippen LogP contribution is -2.12. The van der Waals surface area contributed by atoms with E-state index in [2.05, 4.69) is 15.3 Å². The molecule has 1 aromatic carbocycles. The average Bonchev–Trinajstić information content (AvgIpc) is 2.86. The van der Waals surface area contributed by atoms with Crippen LogP contribution in [-0.2, 0) is 0 Å². The minimum absolute atomic E-state index is 0.242. The van der Waals surface area contributed by atoms with Gasteiger partial charge in [-0.3, -0.25) is 4.79 Å². The van der Waals surface area contributed by atoms with E-state index >= 15 is 0 Å². The third-order valence-corrected chi connectivity index (χ3v) is 3.56. The van der Waals surface area contributed by atoms with Gasteiger partial charge < -0.3 is 16.0 Å². The highest BCUT2D eigenvalue weighted by molar-refractivity contribution is 6.30. The number of hydrogen-bond acceptors (Lipinski definition) is 3. The molecule has 0 aliphatic heterocycles. The summed E-state index contributed by atoms with van der Waals surface area (Å²) in [5, 5.41) is 4.10. The Bertz CT molecular complexity index is 841. The van der Waals surface area contributed by atoms with Crippen molar-refractivity contribution >= 4 is 39.8 Å². The van der Waals surface area contributed by atoms with Gasteiger partial charge in [0.05, 0.1) is 11.9 Å². The first kappa shape index (κ1) is 13.5. The van der Waals surface area contributed by atoms with Crippen molar-refractivity contribution in [3.63, 3.8) is 0 Å². The average molecular weight is 301 g/mol. The SMILES string of the molecule is Cc1cc(NC(=O)c2cc3cc(N)ccc3[nH]2)cnc1Cl. The number of aryl methyl sites for hydroxylation is 1. The molecule has 6 heteroatoms. The van der Waals surface area contributed by atoms with Gasteiger partial charge in [0.15, 0.2) is 0 Å². The molecule has 3 rings (SSSR count). The predicted octanol–water partition coefficient (Wildman–Crippen LogP) is 3.36. The lowest BCUT2D eigenvalue weighted by atomic mass is 10.2. The number of nitrogen functional groups attached to an aromatic ring is 1. The molecule has 3 aromatic rings. The van der Waals surface area contributed by atoms with Crippen LogP contribution in [-0.4, -0.2) is 15.9 Å². The number of halogens is 1. The molecule has 0 unspecified atom stereocenters. The number of amides is 1. The molecular weight excluding hydrogens is 288 g/mol. The summed E-state index contributed by atoms with van der Waals surface area (Å²) in [5.74, 6) is -0.242. The quantitative estimate of drug-likeness (QED) is 0.501. The highest BCUT2D eigenvalue weighted by atomic mass is 35.5. The molecule has 0 aliphatic rings. The van der Waals surface area contributed by atoms with Gasteiger partial charge in [0.1, 0.15) is 10.8 Å². The third-order valence-electron chi connectivity index (χ3n) is 3.16. The Labute approximate surface area is 126 Å². The largest absolute Gasteiger partial charge is 0.399 e. The predicted molar refractivity (Wildman–Crippen MR) is 84.6 cm³/mol. The number of nitrogens with zero attached hydrogens (tertiary/aromatic N) is 1. The second-order valence-electron chi connectivity index (χ2n) is 4.82. The Balaban J connectivity index is 1.87. The third kappa shape index (κ3) is 2.68. The fraction of sp³-hybridized carbons (Fsp3) is 0.0667. The highest BCUT2D eigenvalue weighted by Crippen LogP contribution is 2.20. The van der Waals surface area contributed by atoms with Crippen LogP contribution in [0.5, 0.6) is 0 Å². The van der Waals surface area contributed by atoms with E-state index in [-0.39, 0.29) is 5.91 Å². The van der Waals surface area contributed by atoms with Gasteiger partial charge >= 0.3 is 0 Å². The number of benzene rings is 1. The van der Waals surface area contributed by atoms with Gasteiger partial charge in [-0.1, -0.05) is 11.6 Å². The first-order valence-corrected chi connectivity index (χ1v) is 6.72. The Hall–Kier alpha value is -2.53. The maximum atomic E-state index is 12.2. The number of fused-ring (bicyclic) bond motifs is 1. The summed E-state index contributed by atoms with van der Waals surface area (Å²) in [6.45, 7) is 1.83. The lowest BCUT2D eigenvalue weighted by Gasteiger charge is -2.05. The molecule has 2 heterocycles. The number of carbonyl (C=O) groups is 1. The second-order valence-corrected chi connectivity index (χ2v) is 5.17. The number of H-pyrrole nitrogens is 1. The van der Waals surface area contributed by atoms with Gasteiger partial charge in [0.25, 0.3) is 5.91 Å². The number of aromatic amines is 1. The lowest BCUT2D eigenvalue weighted by molar-refractivity contribution is 0.102. The van der Waals surface area contributed by atoms with E-state index in [1.54, 1.807) is 18.2 Å². The minimum atomic E-state index is -0.242. The number of rotatable bonds is 2. The molecule has 0 atom stereocenters. The van der Waals surface area contributed by atoms with Crippen molar-refractivity contribution in [2.24, 2.45) is 0 Å². The van der Waals surface area contributed by atoms with Crippen molar-refractivity contribution in [1.82, 2.24) is 9.97 Å². The van der Waals surface area contributed by atoms with Crippen molar-refractivity contribution in [3.8, 4) is 0 Å². The smallest absolute Gasteiger partial charge is 0.272 e. The summed E-state index contributed by atoms with van der Waals surface area (Å²) in [6.07, 6.45) is 1.52. The summed E-state index contributed by atoms with van der Waals surface area (Å²) in [7, 11) is 0. The van der Waals surface area contributed by atoms with E-state index in [9.17, 15) is 4.79 Å². The molecule has 4 N–H and O–H groups in total. The van der Waals surface area contributed by atoms with Crippen LogP contribution in [0.4, 0.5) is 11.4 Å². The topological polar surface area (TPSA) is 83.8 Å². The molecule has 0 radical (unpaired) electrons. The van der Waals surface area contributed by atoms with Crippen LogP contribution in [0.2, 0.25) is 5.15 Å². The summed E-state index contributed by atoms with van der Waals surface area (Å²) >= 11 is 5.86. The van der Waals surface area contributed by atoms with Gasteiger partial charge in [0.2, 0.25) is 0 Å². The second kappa shape index (κ2) is 5.10. The van der Waals surface area contributed by atoms with Gasteiger partial charge in [-0.25, -0.2) is 4.98 Å². The van der Waals surface area contributed by atoms with Crippen molar-refractivity contribution in [2.45, 2.75) is 6.92 Å². The Morgan fingerprint density at radius 1 is 1.33 bits per heavy atom. The van der Waals surface area contributed by atoms with E-state index in [1.807, 2.05) is 19.1 Å². The summed E-state index contributed by atoms with van der Waals surface area (Å²) in [4.78, 5) is 19.3. The van der Waals surface area contributed by atoms with Crippen molar-refractivity contribution in [2.75, 3.05) is 11.1 Å². The number of aromatic nitrogens is 2. The molecule has 0 saturated carbocycles. The Kier molecular flexibility index (Phi) is 3.27. The molecular formula is C15H13ClN4O. The van der Waals surface area contributed by atoms with Gasteiger partial charge in [-0.05, 0) is 42.8 Å². The maximum absolute atomic E-state index is 12.2. The van der Waals surface area contributed by atoms with Crippen LogP contribution in [0.3, 0.4) is 0 Å². The molecule has 0 spiro atoms. The standard InChI is InChI=1S/C15H13ClN4O/c1-8-4-11(7-18-14(8)16)19-15(21)13-6-9-5-10(17)2-3-12(9)20-13/h2-7,20H,17H2,1H3,(H,19,21). The van der Waals surface area contributed by atoms with E-state index in [4.69, 9.17) is 17.3 Å². The van der Waals surface area contributed by atoms with Gasteiger partial charge in [-0.2, -0.15) is 0 Å². The van der Waals surface area contributed by atoms with Gasteiger partial charge in [-0.15, -0.1) is 0 Å². The molecule has 0 aliphatic carbocycles. The summed E-state index contributed by atoms with van der Waals surface area (Å²) < 4.78 is 0. The van der Waals surface area contributed by atoms with E-state index in [0.29, 0.717) is 22.2 Å². The molecule has 0 saturated heterocycles. The monoisotopic (exact) mass is 300 g/mol. The highest BCUT2D eigenvalue weighted by Gasteiger charge is 2.10. The molecule has 2 aromatic heterocycles. The minimum Gasteiger partial charge on any atom is -0.399 e. The first-order chi connectivity index (χ1) is 10.0. The molecule has 1 amide bonds. The molecule has 21 heavy (non-hydrogen) atoms. The van der Waals surface area contributed by atoms with Gasteiger partial charge in [0, 0.05) is 16.6 Å². The van der Waals surface area contributed by atoms with Crippen LogP contribution in [0, 0.1) is 6.92 Å². The maximum Gasteiger partial charge on any atom is 0.272 e. The van der Waals surface area contributed by atoms with Crippen molar-refractivity contribution in [1.29, 1.82) is 0 Å². The molecule has 106 valence electrons. The molecule has 0 fully saturated rings. The van der Waals surface area contributed by atoms with Crippen molar-refractivity contribution in [3.05, 3.63) is 52.9 Å². The number of anilines is 2. The fourth-order valence-electron chi connectivity index (χ4n) is 2.10. The number of nitrogens with two attached hydrogens (primary N) is 1. The summed E-state index contributed by atoms with van der Waals surface area (Å²) in [6, 6.07) is 8.98. The zero-order chi connectivity index (χ0) is 15.0. The zero-order valence-electron chi connectivity index (χ0n) is 11.3. The zero-order valence-corrected chi connectivity index (χ0v) is 12.0. The van der Waals surface area contributed by atoms with Crippen LogP contribution in [0.15, 0.2) is 36.5 Å². The van der Waals surface area contributed by atoms with Crippen LogP contribution in [0.25, 0.3) is 10.9 Å². The number of carbonyl (C=O) groups excluding carboxylic acids is 1. The fourth-order valence-corrected chi connectivity index (χ4v) is 2.20. The molecule has 5 nitrogen and oxygen atoms in total. The van der Waals surface area contributed by atoms with Crippen LogP contribution in [0.1, 0.15) is 16.1 Å². The Morgan fingerprint density at radius 2 is 2.14 bits per heavy atom. The van der Waals surface area contributed by atoms with E-state index in [1.165, 1.54) is 6.20 Å².